The number of hydrogen-bond donors (Lipinski definition) is 0. The van der Waals surface area contributed by atoms with E-state index in [0.717, 1.165) is 40.3 Å². The minimum Gasteiger partial charge on any atom is -0.327 e. The Bertz CT molecular complexity index is 613. The molecule has 0 unspecified atom stereocenters. The first-order valence-corrected chi connectivity index (χ1v) is 8.83. The van der Waals surface area contributed by atoms with Crippen LogP contribution in [0.25, 0.3) is 11.0 Å². The van der Waals surface area contributed by atoms with Crippen molar-refractivity contribution in [3.8, 4) is 0 Å². The molecule has 3 rings (SSSR count). The zero-order valence-electron chi connectivity index (χ0n) is 12.5. The highest BCUT2D eigenvalue weighted by atomic mass is 35.5. The van der Waals surface area contributed by atoms with Gasteiger partial charge in [-0.3, -0.25) is 0 Å². The van der Waals surface area contributed by atoms with E-state index < -0.39 is 0 Å². The van der Waals surface area contributed by atoms with Crippen LogP contribution < -0.4 is 0 Å². The SMILES string of the molecule is CCC1CCC(Cn2c(CCl)nc3cc(Cl)ccc32)CC1. The highest BCUT2D eigenvalue weighted by Gasteiger charge is 2.22. The lowest BCUT2D eigenvalue weighted by Gasteiger charge is -2.28. The van der Waals surface area contributed by atoms with Crippen LogP contribution in [0.3, 0.4) is 0 Å². The molecule has 114 valence electrons. The summed E-state index contributed by atoms with van der Waals surface area (Å²) in [5, 5.41) is 0.733. The summed E-state index contributed by atoms with van der Waals surface area (Å²) in [5.41, 5.74) is 2.12. The van der Waals surface area contributed by atoms with Gasteiger partial charge in [-0.05, 0) is 42.9 Å². The molecule has 21 heavy (non-hydrogen) atoms. The lowest BCUT2D eigenvalue weighted by molar-refractivity contribution is 0.248. The highest BCUT2D eigenvalue weighted by Crippen LogP contribution is 2.33. The average molecular weight is 325 g/mol. The normalized spacial score (nSPS) is 22.8. The van der Waals surface area contributed by atoms with Crippen LogP contribution in [0.15, 0.2) is 18.2 Å². The largest absolute Gasteiger partial charge is 0.327 e. The van der Waals surface area contributed by atoms with Gasteiger partial charge in [0.2, 0.25) is 0 Å². The van der Waals surface area contributed by atoms with E-state index >= 15 is 0 Å². The standard InChI is InChI=1S/C17H22Cl2N2/c1-2-12-3-5-13(6-4-12)11-21-16-8-7-14(19)9-15(16)20-17(21)10-18/h7-9,12-13H,2-6,10-11H2,1H3. The number of rotatable bonds is 4. The summed E-state index contributed by atoms with van der Waals surface area (Å²) in [7, 11) is 0. The molecule has 0 amide bonds. The molecule has 0 radical (unpaired) electrons. The van der Waals surface area contributed by atoms with Gasteiger partial charge in [0.15, 0.2) is 0 Å². The number of hydrogen-bond acceptors (Lipinski definition) is 1. The van der Waals surface area contributed by atoms with Gasteiger partial charge in [-0.2, -0.15) is 0 Å². The quantitative estimate of drug-likeness (QED) is 0.665. The Morgan fingerprint density at radius 2 is 1.90 bits per heavy atom. The van der Waals surface area contributed by atoms with Gasteiger partial charge in [-0.25, -0.2) is 4.98 Å². The van der Waals surface area contributed by atoms with Crippen molar-refractivity contribution >= 4 is 34.2 Å². The molecule has 1 aliphatic rings. The van der Waals surface area contributed by atoms with Crippen molar-refractivity contribution in [3.05, 3.63) is 29.0 Å². The van der Waals surface area contributed by atoms with E-state index in [-0.39, 0.29) is 0 Å². The molecule has 0 atom stereocenters. The molecule has 1 aliphatic carbocycles. The van der Waals surface area contributed by atoms with E-state index in [1.54, 1.807) is 0 Å². The zero-order chi connectivity index (χ0) is 14.8. The maximum atomic E-state index is 6.09. The van der Waals surface area contributed by atoms with Gasteiger partial charge in [0, 0.05) is 11.6 Å². The summed E-state index contributed by atoms with van der Waals surface area (Å²) in [6, 6.07) is 5.93. The van der Waals surface area contributed by atoms with E-state index in [1.807, 2.05) is 12.1 Å². The van der Waals surface area contributed by atoms with Gasteiger partial charge in [0.05, 0.1) is 16.9 Å². The first kappa shape index (κ1) is 15.2. The average Bonchev–Trinajstić information content (AvgIpc) is 2.85. The van der Waals surface area contributed by atoms with Gasteiger partial charge in [-0.1, -0.05) is 37.8 Å². The Kier molecular flexibility index (Phi) is 4.75. The molecule has 0 saturated heterocycles. The van der Waals surface area contributed by atoms with Gasteiger partial charge in [-0.15, -0.1) is 11.6 Å². The number of alkyl halides is 1. The number of benzene rings is 1. The van der Waals surface area contributed by atoms with Crippen molar-refractivity contribution in [3.63, 3.8) is 0 Å². The molecule has 4 heteroatoms. The number of imidazole rings is 1. The third kappa shape index (κ3) is 3.22. The van der Waals surface area contributed by atoms with E-state index in [4.69, 9.17) is 23.2 Å². The Morgan fingerprint density at radius 1 is 1.19 bits per heavy atom. The molecule has 0 spiro atoms. The lowest BCUT2D eigenvalue weighted by Crippen LogP contribution is -2.19. The van der Waals surface area contributed by atoms with Crippen molar-refractivity contribution in [2.75, 3.05) is 0 Å². The molecular weight excluding hydrogens is 303 g/mol. The van der Waals surface area contributed by atoms with Crippen molar-refractivity contribution in [2.45, 2.75) is 51.5 Å². The zero-order valence-corrected chi connectivity index (χ0v) is 14.0. The molecule has 0 bridgehead atoms. The van der Waals surface area contributed by atoms with Gasteiger partial charge in [0.1, 0.15) is 5.82 Å². The van der Waals surface area contributed by atoms with E-state index in [1.165, 1.54) is 32.1 Å². The fourth-order valence-corrected chi connectivity index (χ4v) is 3.91. The van der Waals surface area contributed by atoms with Crippen molar-refractivity contribution in [1.29, 1.82) is 0 Å². The monoisotopic (exact) mass is 324 g/mol. The minimum absolute atomic E-state index is 0.455. The highest BCUT2D eigenvalue weighted by molar-refractivity contribution is 6.31. The van der Waals surface area contributed by atoms with Crippen LogP contribution in [0.5, 0.6) is 0 Å². The second-order valence-electron chi connectivity index (χ2n) is 6.20. The molecule has 1 fully saturated rings. The van der Waals surface area contributed by atoms with Crippen LogP contribution in [0, 0.1) is 11.8 Å². The van der Waals surface area contributed by atoms with Crippen molar-refractivity contribution in [2.24, 2.45) is 11.8 Å². The lowest BCUT2D eigenvalue weighted by atomic mass is 9.81. The maximum absolute atomic E-state index is 6.09. The summed E-state index contributed by atoms with van der Waals surface area (Å²) in [6.07, 6.45) is 6.72. The molecule has 0 aliphatic heterocycles. The first-order chi connectivity index (χ1) is 10.2. The number of aromatic nitrogens is 2. The number of nitrogens with zero attached hydrogens (tertiary/aromatic N) is 2. The Hall–Kier alpha value is -0.730. The molecule has 0 N–H and O–H groups in total. The third-order valence-electron chi connectivity index (χ3n) is 4.89. The molecule has 1 saturated carbocycles. The fraction of sp³-hybridized carbons (Fsp3) is 0.588. The number of fused-ring (bicyclic) bond motifs is 1. The van der Waals surface area contributed by atoms with E-state index in [2.05, 4.69) is 22.5 Å². The summed E-state index contributed by atoms with van der Waals surface area (Å²) < 4.78 is 2.30. The van der Waals surface area contributed by atoms with Crippen molar-refractivity contribution in [1.82, 2.24) is 9.55 Å². The number of halogens is 2. The molecule has 1 aromatic carbocycles. The Labute approximate surface area is 136 Å². The molecule has 1 heterocycles. The summed E-state index contributed by atoms with van der Waals surface area (Å²) in [4.78, 5) is 4.64. The second kappa shape index (κ2) is 6.58. The van der Waals surface area contributed by atoms with E-state index in [9.17, 15) is 0 Å². The van der Waals surface area contributed by atoms with Crippen LogP contribution in [0.2, 0.25) is 5.02 Å². The Morgan fingerprint density at radius 3 is 2.57 bits per heavy atom. The van der Waals surface area contributed by atoms with Crippen LogP contribution in [-0.4, -0.2) is 9.55 Å². The van der Waals surface area contributed by atoms with Gasteiger partial charge < -0.3 is 4.57 Å². The predicted octanol–water partition coefficient (Wildman–Crippen LogP) is 5.64. The van der Waals surface area contributed by atoms with Gasteiger partial charge >= 0.3 is 0 Å². The van der Waals surface area contributed by atoms with Crippen molar-refractivity contribution < 1.29 is 0 Å². The summed E-state index contributed by atoms with van der Waals surface area (Å²) in [5.74, 6) is 3.11. The third-order valence-corrected chi connectivity index (χ3v) is 5.37. The van der Waals surface area contributed by atoms with Crippen LogP contribution in [0.1, 0.15) is 44.9 Å². The molecule has 2 nitrogen and oxygen atoms in total. The first-order valence-electron chi connectivity index (χ1n) is 7.92. The topological polar surface area (TPSA) is 17.8 Å². The van der Waals surface area contributed by atoms with Crippen LogP contribution in [-0.2, 0) is 12.4 Å². The van der Waals surface area contributed by atoms with Gasteiger partial charge in [0.25, 0.3) is 0 Å². The fourth-order valence-electron chi connectivity index (χ4n) is 3.54. The molecular formula is C17H22Cl2N2. The maximum Gasteiger partial charge on any atom is 0.124 e. The molecule has 1 aromatic heterocycles. The van der Waals surface area contributed by atoms with Crippen LogP contribution in [0.4, 0.5) is 0 Å². The second-order valence-corrected chi connectivity index (χ2v) is 6.90. The summed E-state index contributed by atoms with van der Waals surface area (Å²) >= 11 is 12.2. The van der Waals surface area contributed by atoms with E-state index in [0.29, 0.717) is 5.88 Å². The summed E-state index contributed by atoms with van der Waals surface area (Å²) in [6.45, 7) is 3.35. The smallest absolute Gasteiger partial charge is 0.124 e. The van der Waals surface area contributed by atoms with Crippen LogP contribution >= 0.6 is 23.2 Å². The predicted molar refractivity (Wildman–Crippen MR) is 90.0 cm³/mol. The Balaban J connectivity index is 1.83. The minimum atomic E-state index is 0.455. The molecule has 2 aromatic rings.